The van der Waals surface area contributed by atoms with Gasteiger partial charge in [-0.15, -0.1) is 0 Å². The van der Waals surface area contributed by atoms with E-state index in [0.717, 1.165) is 0 Å². The van der Waals surface area contributed by atoms with E-state index < -0.39 is 33.6 Å². The van der Waals surface area contributed by atoms with Gasteiger partial charge in [0.2, 0.25) is 0 Å². The van der Waals surface area contributed by atoms with E-state index in [-0.39, 0.29) is 0 Å². The third-order valence-corrected chi connectivity index (χ3v) is 2.14. The van der Waals surface area contributed by atoms with Crippen molar-refractivity contribution in [1.82, 2.24) is 5.32 Å². The van der Waals surface area contributed by atoms with Crippen molar-refractivity contribution in [1.29, 1.82) is 0 Å². The molecule has 0 spiro atoms. The molecule has 0 amide bonds. The zero-order valence-electron chi connectivity index (χ0n) is 9.27. The van der Waals surface area contributed by atoms with E-state index in [0.29, 0.717) is 0 Å². The Labute approximate surface area is 102 Å². The predicted molar refractivity (Wildman–Crippen MR) is 47.4 cm³/mol. The molecule has 118 valence electrons. The maximum Gasteiger partial charge on any atom is 0.460 e. The van der Waals surface area contributed by atoms with Crippen LogP contribution in [0.1, 0.15) is 0 Å². The molecule has 2 N–H and O–H groups in total. The van der Waals surface area contributed by atoms with Crippen molar-refractivity contribution >= 4 is 10.1 Å². The summed E-state index contributed by atoms with van der Waals surface area (Å²) in [6, 6.07) is 0. The summed E-state index contributed by atoms with van der Waals surface area (Å²) in [5.41, 5.74) is -5.09. The van der Waals surface area contributed by atoms with Crippen LogP contribution in [0.3, 0.4) is 0 Å². The highest BCUT2D eigenvalue weighted by Gasteiger charge is 2.78. The van der Waals surface area contributed by atoms with Gasteiger partial charge in [-0.25, -0.2) is 4.39 Å². The van der Waals surface area contributed by atoms with Crippen LogP contribution in [0.25, 0.3) is 0 Å². The van der Waals surface area contributed by atoms with Crippen LogP contribution >= 0.6 is 0 Å². The second kappa shape index (κ2) is 6.17. The van der Waals surface area contributed by atoms with E-state index >= 15 is 0 Å². The quantitative estimate of drug-likeness (QED) is 0.613. The van der Waals surface area contributed by atoms with Crippen molar-refractivity contribution in [3.05, 3.63) is 0 Å². The zero-order chi connectivity index (χ0) is 16.3. The monoisotopic (exact) mass is 327 g/mol. The van der Waals surface area contributed by atoms with Crippen LogP contribution in [0.2, 0.25) is 0 Å². The average Bonchev–Trinajstić information content (AvgIpc) is 2.14. The van der Waals surface area contributed by atoms with Crippen molar-refractivity contribution in [3.63, 3.8) is 0 Å². The minimum atomic E-state index is -6.94. The molecule has 0 saturated carbocycles. The molecule has 0 rings (SSSR count). The van der Waals surface area contributed by atoms with Gasteiger partial charge in [-0.1, -0.05) is 0 Å². The maximum atomic E-state index is 12.2. The highest BCUT2D eigenvalue weighted by molar-refractivity contribution is 7.86. The number of hydrogen-bond acceptors (Lipinski definition) is 3. The van der Waals surface area contributed by atoms with Crippen molar-refractivity contribution < 1.29 is 48.1 Å². The zero-order valence-corrected chi connectivity index (χ0v) is 10.1. The number of rotatable bonds is 3. The lowest BCUT2D eigenvalue weighted by Gasteiger charge is -2.28. The SMILES string of the molecule is CNC.O=S(=O)(O)C(F)C(F)(F)C(F)(F)C(F)(F)F. The first-order valence-electron chi connectivity index (χ1n) is 4.08. The second-order valence-electron chi connectivity index (χ2n) is 3.03. The van der Waals surface area contributed by atoms with Crippen LogP contribution in [0, 0.1) is 0 Å². The summed E-state index contributed by atoms with van der Waals surface area (Å²) in [5, 5.41) is 2.75. The summed E-state index contributed by atoms with van der Waals surface area (Å²) < 4.78 is 122. The molecule has 0 aromatic rings. The average molecular weight is 327 g/mol. The van der Waals surface area contributed by atoms with Gasteiger partial charge in [0.1, 0.15) is 0 Å². The number of hydrogen-bond donors (Lipinski definition) is 2. The number of nitrogens with one attached hydrogen (secondary N) is 1. The van der Waals surface area contributed by atoms with Crippen LogP contribution in [-0.2, 0) is 10.1 Å². The van der Waals surface area contributed by atoms with E-state index in [2.05, 4.69) is 5.32 Å². The Morgan fingerprint density at radius 3 is 1.42 bits per heavy atom. The van der Waals surface area contributed by atoms with Crippen LogP contribution in [-0.4, -0.2) is 50.6 Å². The molecule has 0 aliphatic heterocycles. The van der Waals surface area contributed by atoms with Gasteiger partial charge < -0.3 is 5.32 Å². The molecule has 0 aromatic heterocycles. The van der Waals surface area contributed by atoms with E-state index in [1.54, 1.807) is 0 Å². The molecule has 0 aromatic carbocycles. The van der Waals surface area contributed by atoms with Gasteiger partial charge in [0.05, 0.1) is 0 Å². The van der Waals surface area contributed by atoms with Crippen LogP contribution < -0.4 is 5.32 Å². The van der Waals surface area contributed by atoms with Crippen molar-refractivity contribution in [3.8, 4) is 0 Å². The Bertz CT molecular complexity index is 378. The van der Waals surface area contributed by atoms with Crippen LogP contribution in [0.4, 0.5) is 35.1 Å². The Morgan fingerprint density at radius 1 is 1.00 bits per heavy atom. The third-order valence-electron chi connectivity index (χ3n) is 1.32. The van der Waals surface area contributed by atoms with E-state index in [1.807, 2.05) is 14.1 Å². The van der Waals surface area contributed by atoms with Gasteiger partial charge in [0, 0.05) is 0 Å². The van der Waals surface area contributed by atoms with Crippen molar-refractivity contribution in [2.24, 2.45) is 0 Å². The smallest absolute Gasteiger partial charge is 0.323 e. The molecule has 0 fully saturated rings. The molecule has 1 unspecified atom stereocenters. The maximum absolute atomic E-state index is 12.2. The minimum Gasteiger partial charge on any atom is -0.323 e. The largest absolute Gasteiger partial charge is 0.460 e. The summed E-state index contributed by atoms with van der Waals surface area (Å²) >= 11 is 0. The lowest BCUT2D eigenvalue weighted by molar-refractivity contribution is -0.360. The van der Waals surface area contributed by atoms with E-state index in [4.69, 9.17) is 4.55 Å². The molecule has 1 atom stereocenters. The summed E-state index contributed by atoms with van der Waals surface area (Å²) in [6.45, 7) is 0. The second-order valence-corrected chi connectivity index (χ2v) is 4.47. The lowest BCUT2D eigenvalue weighted by Crippen LogP contribution is -2.58. The molecule has 4 nitrogen and oxygen atoms in total. The normalized spacial score (nSPS) is 15.5. The van der Waals surface area contributed by atoms with Crippen molar-refractivity contribution in [2.75, 3.05) is 14.1 Å². The topological polar surface area (TPSA) is 66.4 Å². The Morgan fingerprint density at radius 2 is 1.26 bits per heavy atom. The number of alkyl halides is 8. The fraction of sp³-hybridized carbons (Fsp3) is 1.00. The fourth-order valence-electron chi connectivity index (χ4n) is 0.519. The highest BCUT2D eigenvalue weighted by atomic mass is 32.2. The van der Waals surface area contributed by atoms with Gasteiger partial charge in [-0.2, -0.15) is 39.2 Å². The first-order valence-corrected chi connectivity index (χ1v) is 5.58. The molecule has 0 aliphatic carbocycles. The summed E-state index contributed by atoms with van der Waals surface area (Å²) in [4.78, 5) is 0. The van der Waals surface area contributed by atoms with Gasteiger partial charge in [0.15, 0.2) is 0 Å². The first kappa shape index (κ1) is 20.6. The lowest BCUT2D eigenvalue weighted by atomic mass is 10.2. The summed E-state index contributed by atoms with van der Waals surface area (Å²) in [5.74, 6) is -13.6. The molecule has 0 radical (unpaired) electrons. The fourth-order valence-corrected chi connectivity index (χ4v) is 1.04. The van der Waals surface area contributed by atoms with Crippen LogP contribution in [0.5, 0.6) is 0 Å². The van der Waals surface area contributed by atoms with Gasteiger partial charge >= 0.3 is 28.1 Å². The Kier molecular flexibility index (Phi) is 6.70. The molecule has 0 saturated heterocycles. The highest BCUT2D eigenvalue weighted by Crippen LogP contribution is 2.49. The predicted octanol–water partition coefficient (Wildman–Crippen LogP) is 1.84. The minimum absolute atomic E-state index is 1.88. The van der Waals surface area contributed by atoms with Crippen LogP contribution in [0.15, 0.2) is 0 Å². The van der Waals surface area contributed by atoms with Crippen molar-refractivity contribution in [2.45, 2.75) is 23.5 Å². The standard InChI is InChI=1S/C4H2F8O3S.C2H7N/c5-1(16(13,14)15)2(6,7)3(8,9)4(10,11)12;1-3-2/h1H,(H,13,14,15);3H,1-2H3. The molecular weight excluding hydrogens is 318 g/mol. The number of halogens is 8. The molecule has 13 heteroatoms. The van der Waals surface area contributed by atoms with Gasteiger partial charge in [-0.05, 0) is 14.1 Å². The van der Waals surface area contributed by atoms with Gasteiger partial charge in [-0.3, -0.25) is 4.55 Å². The molecule has 0 aliphatic rings. The summed E-state index contributed by atoms with van der Waals surface area (Å²) in [7, 11) is -2.65. The van der Waals surface area contributed by atoms with E-state index in [1.165, 1.54) is 0 Å². The Balaban J connectivity index is 0. The Hall–Kier alpha value is -0.690. The molecular formula is C6H9F8NO3S. The molecule has 19 heavy (non-hydrogen) atoms. The third kappa shape index (κ3) is 4.72. The van der Waals surface area contributed by atoms with E-state index in [9.17, 15) is 43.5 Å². The summed E-state index contributed by atoms with van der Waals surface area (Å²) in [6.07, 6.45) is -6.87. The first-order chi connectivity index (χ1) is 8.07. The van der Waals surface area contributed by atoms with Gasteiger partial charge in [0.25, 0.3) is 5.50 Å². The molecule has 0 heterocycles. The molecule has 0 bridgehead atoms.